The van der Waals surface area contributed by atoms with Crippen molar-refractivity contribution < 1.29 is 9.90 Å². The molecule has 0 fully saturated rings. The molecule has 0 aliphatic heterocycles. The van der Waals surface area contributed by atoms with Gasteiger partial charge < -0.3 is 5.11 Å². The fourth-order valence-corrected chi connectivity index (χ4v) is 1.65. The summed E-state index contributed by atoms with van der Waals surface area (Å²) in [5, 5.41) is 15.4. The molecule has 82 valence electrons. The molecular formula is C11H9BrN2O2. The van der Waals surface area contributed by atoms with Gasteiger partial charge in [-0.2, -0.15) is 5.10 Å². The van der Waals surface area contributed by atoms with E-state index in [1.54, 1.807) is 6.07 Å². The van der Waals surface area contributed by atoms with Crippen molar-refractivity contribution in [2.45, 2.75) is 6.42 Å². The Morgan fingerprint density at radius 1 is 1.38 bits per heavy atom. The molecule has 5 heteroatoms. The minimum atomic E-state index is -0.881. The Labute approximate surface area is 100 Å². The van der Waals surface area contributed by atoms with Crippen molar-refractivity contribution in [2.24, 2.45) is 0 Å². The maximum atomic E-state index is 10.5. The second-order valence-electron chi connectivity index (χ2n) is 3.35. The van der Waals surface area contributed by atoms with Crippen molar-refractivity contribution in [1.82, 2.24) is 10.2 Å². The molecule has 0 aliphatic rings. The number of aliphatic carboxylic acids is 1. The summed E-state index contributed by atoms with van der Waals surface area (Å²) < 4.78 is 1.00. The summed E-state index contributed by atoms with van der Waals surface area (Å²) in [6, 6.07) is 9.46. The Balaban J connectivity index is 2.24. The molecule has 0 atom stereocenters. The van der Waals surface area contributed by atoms with Gasteiger partial charge in [0.05, 0.1) is 17.8 Å². The number of carboxylic acid groups (broad SMARTS) is 1. The highest BCUT2D eigenvalue weighted by atomic mass is 79.9. The van der Waals surface area contributed by atoms with Gasteiger partial charge in [0.25, 0.3) is 0 Å². The minimum Gasteiger partial charge on any atom is -0.481 e. The zero-order chi connectivity index (χ0) is 11.5. The minimum absolute atomic E-state index is 0.0625. The van der Waals surface area contributed by atoms with Crippen LogP contribution in [0.4, 0.5) is 0 Å². The van der Waals surface area contributed by atoms with Crippen LogP contribution in [0.1, 0.15) is 5.69 Å². The van der Waals surface area contributed by atoms with Gasteiger partial charge in [-0.1, -0.05) is 28.1 Å². The number of carbonyl (C=O) groups is 1. The van der Waals surface area contributed by atoms with Crippen LogP contribution in [0.25, 0.3) is 11.3 Å². The van der Waals surface area contributed by atoms with Crippen molar-refractivity contribution >= 4 is 21.9 Å². The lowest BCUT2D eigenvalue weighted by molar-refractivity contribution is -0.136. The molecule has 0 radical (unpaired) electrons. The highest BCUT2D eigenvalue weighted by molar-refractivity contribution is 9.10. The molecule has 1 heterocycles. The summed E-state index contributed by atoms with van der Waals surface area (Å²) in [6.45, 7) is 0. The number of halogens is 1. The molecule has 2 aromatic rings. The summed E-state index contributed by atoms with van der Waals surface area (Å²) >= 11 is 3.35. The van der Waals surface area contributed by atoms with Crippen LogP contribution in [0, 0.1) is 0 Å². The van der Waals surface area contributed by atoms with E-state index >= 15 is 0 Å². The van der Waals surface area contributed by atoms with E-state index in [-0.39, 0.29) is 6.42 Å². The van der Waals surface area contributed by atoms with E-state index < -0.39 is 5.97 Å². The molecule has 0 saturated carbocycles. The summed E-state index contributed by atoms with van der Waals surface area (Å²) in [7, 11) is 0. The van der Waals surface area contributed by atoms with Gasteiger partial charge in [0, 0.05) is 4.47 Å². The Bertz CT molecular complexity index is 505. The number of benzene rings is 1. The summed E-state index contributed by atoms with van der Waals surface area (Å²) in [4.78, 5) is 10.5. The number of hydrogen-bond acceptors (Lipinski definition) is 2. The molecule has 0 spiro atoms. The van der Waals surface area contributed by atoms with Crippen LogP contribution in [0.5, 0.6) is 0 Å². The number of H-pyrrole nitrogens is 1. The first-order chi connectivity index (χ1) is 7.65. The summed E-state index contributed by atoms with van der Waals surface area (Å²) in [5.74, 6) is -0.881. The van der Waals surface area contributed by atoms with E-state index in [4.69, 9.17) is 5.11 Å². The zero-order valence-electron chi connectivity index (χ0n) is 8.27. The number of rotatable bonds is 3. The predicted octanol–water partition coefficient (Wildman–Crippen LogP) is 2.47. The topological polar surface area (TPSA) is 66.0 Å². The van der Waals surface area contributed by atoms with Crippen molar-refractivity contribution in [3.8, 4) is 11.3 Å². The van der Waals surface area contributed by atoms with Crippen molar-refractivity contribution in [3.63, 3.8) is 0 Å². The quantitative estimate of drug-likeness (QED) is 0.908. The SMILES string of the molecule is O=C(O)Cc1cc(-c2ccc(Br)cc2)[nH]n1. The first-order valence-electron chi connectivity index (χ1n) is 4.67. The molecule has 1 aromatic carbocycles. The van der Waals surface area contributed by atoms with Gasteiger partial charge in [0.15, 0.2) is 0 Å². The Morgan fingerprint density at radius 2 is 2.06 bits per heavy atom. The molecule has 0 amide bonds. The van der Waals surface area contributed by atoms with Gasteiger partial charge in [0.1, 0.15) is 0 Å². The van der Waals surface area contributed by atoms with E-state index in [9.17, 15) is 4.79 Å². The third kappa shape index (κ3) is 2.49. The third-order valence-electron chi connectivity index (χ3n) is 2.12. The van der Waals surface area contributed by atoms with Gasteiger partial charge >= 0.3 is 5.97 Å². The molecule has 1 aromatic heterocycles. The first kappa shape index (κ1) is 10.9. The number of nitrogens with one attached hydrogen (secondary N) is 1. The van der Waals surface area contributed by atoms with E-state index in [0.717, 1.165) is 15.7 Å². The second kappa shape index (κ2) is 4.49. The van der Waals surface area contributed by atoms with Crippen LogP contribution in [0.2, 0.25) is 0 Å². The van der Waals surface area contributed by atoms with Crippen molar-refractivity contribution in [2.75, 3.05) is 0 Å². The van der Waals surface area contributed by atoms with Gasteiger partial charge in [-0.3, -0.25) is 9.89 Å². The Morgan fingerprint density at radius 3 is 2.69 bits per heavy atom. The predicted molar refractivity (Wildman–Crippen MR) is 63.1 cm³/mol. The van der Waals surface area contributed by atoms with Crippen LogP contribution in [0.15, 0.2) is 34.8 Å². The molecule has 16 heavy (non-hydrogen) atoms. The normalized spacial score (nSPS) is 10.3. The van der Waals surface area contributed by atoms with E-state index in [2.05, 4.69) is 26.1 Å². The molecule has 0 unspecified atom stereocenters. The number of nitrogens with zero attached hydrogens (tertiary/aromatic N) is 1. The van der Waals surface area contributed by atoms with Gasteiger partial charge in [-0.05, 0) is 23.8 Å². The maximum absolute atomic E-state index is 10.5. The number of aromatic amines is 1. The summed E-state index contributed by atoms with van der Waals surface area (Å²) in [6.07, 6.45) is -0.0625. The van der Waals surface area contributed by atoms with Crippen LogP contribution in [-0.4, -0.2) is 21.3 Å². The standard InChI is InChI=1S/C11H9BrN2O2/c12-8-3-1-7(2-4-8)10-5-9(13-14-10)6-11(15)16/h1-5H,6H2,(H,13,14)(H,15,16). The second-order valence-corrected chi connectivity index (χ2v) is 4.27. The van der Waals surface area contributed by atoms with E-state index in [1.165, 1.54) is 0 Å². The monoisotopic (exact) mass is 280 g/mol. The average Bonchev–Trinajstić information content (AvgIpc) is 2.66. The molecule has 0 bridgehead atoms. The van der Waals surface area contributed by atoms with Crippen LogP contribution < -0.4 is 0 Å². The lowest BCUT2D eigenvalue weighted by atomic mass is 10.1. The average molecular weight is 281 g/mol. The van der Waals surface area contributed by atoms with Gasteiger partial charge in [0.2, 0.25) is 0 Å². The van der Waals surface area contributed by atoms with Crippen molar-refractivity contribution in [3.05, 3.63) is 40.5 Å². The molecule has 0 aliphatic carbocycles. The van der Waals surface area contributed by atoms with E-state index in [0.29, 0.717) is 5.69 Å². The number of hydrogen-bond donors (Lipinski definition) is 2. The first-order valence-corrected chi connectivity index (χ1v) is 5.46. The van der Waals surface area contributed by atoms with Gasteiger partial charge in [-0.15, -0.1) is 0 Å². The number of aromatic nitrogens is 2. The van der Waals surface area contributed by atoms with Crippen LogP contribution in [-0.2, 0) is 11.2 Å². The molecule has 2 rings (SSSR count). The van der Waals surface area contributed by atoms with E-state index in [1.807, 2.05) is 24.3 Å². The zero-order valence-corrected chi connectivity index (χ0v) is 9.86. The highest BCUT2D eigenvalue weighted by Crippen LogP contribution is 2.20. The molecule has 2 N–H and O–H groups in total. The highest BCUT2D eigenvalue weighted by Gasteiger charge is 2.06. The number of carboxylic acids is 1. The Hall–Kier alpha value is -1.62. The fraction of sp³-hybridized carbons (Fsp3) is 0.0909. The molecular weight excluding hydrogens is 272 g/mol. The third-order valence-corrected chi connectivity index (χ3v) is 2.65. The Kier molecular flexibility index (Phi) is 3.05. The molecule has 0 saturated heterocycles. The largest absolute Gasteiger partial charge is 0.481 e. The molecule has 4 nitrogen and oxygen atoms in total. The summed E-state index contributed by atoms with van der Waals surface area (Å²) in [5.41, 5.74) is 2.33. The van der Waals surface area contributed by atoms with Gasteiger partial charge in [-0.25, -0.2) is 0 Å². The smallest absolute Gasteiger partial charge is 0.309 e. The van der Waals surface area contributed by atoms with Crippen molar-refractivity contribution in [1.29, 1.82) is 0 Å². The van der Waals surface area contributed by atoms with Crippen LogP contribution in [0.3, 0.4) is 0 Å². The van der Waals surface area contributed by atoms with Crippen LogP contribution >= 0.6 is 15.9 Å². The maximum Gasteiger partial charge on any atom is 0.309 e. The lowest BCUT2D eigenvalue weighted by Crippen LogP contribution is -1.99. The fourth-order valence-electron chi connectivity index (χ4n) is 1.39. The lowest BCUT2D eigenvalue weighted by Gasteiger charge is -1.96.